The van der Waals surface area contributed by atoms with Crippen molar-refractivity contribution in [1.82, 2.24) is 10.2 Å². The molecule has 4 heteroatoms. The van der Waals surface area contributed by atoms with Crippen LogP contribution in [0.5, 0.6) is 0 Å². The topological polar surface area (TPSA) is 58.4 Å². The number of nitrogens with zero attached hydrogens (tertiary/aromatic N) is 1. The molecular formula is C12H25N3O. The monoisotopic (exact) mass is 227 g/mol. The Bertz CT molecular complexity index is 200. The molecule has 0 aromatic carbocycles. The Hall–Kier alpha value is -0.770. The van der Waals surface area contributed by atoms with Crippen molar-refractivity contribution in [3.63, 3.8) is 0 Å². The molecule has 16 heavy (non-hydrogen) atoms. The molecule has 1 unspecified atom stereocenters. The minimum Gasteiger partial charge on any atom is -0.338 e. The van der Waals surface area contributed by atoms with E-state index in [1.807, 2.05) is 4.90 Å². The first-order valence-electron chi connectivity index (χ1n) is 6.52. The molecule has 0 aliphatic carbocycles. The first kappa shape index (κ1) is 13.3. The van der Waals surface area contributed by atoms with Crippen molar-refractivity contribution in [2.75, 3.05) is 19.6 Å². The van der Waals surface area contributed by atoms with Crippen molar-refractivity contribution in [1.29, 1.82) is 0 Å². The molecule has 0 aromatic rings. The van der Waals surface area contributed by atoms with Gasteiger partial charge in [-0.3, -0.25) is 0 Å². The Morgan fingerprint density at radius 2 is 1.94 bits per heavy atom. The van der Waals surface area contributed by atoms with Gasteiger partial charge in [-0.1, -0.05) is 19.8 Å². The van der Waals surface area contributed by atoms with E-state index in [4.69, 9.17) is 5.73 Å². The molecule has 94 valence electrons. The molecule has 1 fully saturated rings. The van der Waals surface area contributed by atoms with E-state index in [0.29, 0.717) is 6.54 Å². The van der Waals surface area contributed by atoms with Crippen LogP contribution >= 0.6 is 0 Å². The Morgan fingerprint density at radius 1 is 1.31 bits per heavy atom. The van der Waals surface area contributed by atoms with Gasteiger partial charge in [-0.15, -0.1) is 0 Å². The third kappa shape index (κ3) is 4.84. The maximum atomic E-state index is 11.8. The summed E-state index contributed by atoms with van der Waals surface area (Å²) in [5.41, 5.74) is 5.80. The standard InChI is InChI=1S/C12H25N3O/c1-2-11(13)7-8-14-12(16)15-9-5-3-4-6-10-15/h11H,2-10,13H2,1H3,(H,14,16). The molecule has 2 amide bonds. The normalized spacial score (nSPS) is 19.0. The van der Waals surface area contributed by atoms with Crippen molar-refractivity contribution in [3.05, 3.63) is 0 Å². The second-order valence-electron chi connectivity index (χ2n) is 4.59. The van der Waals surface area contributed by atoms with Crippen LogP contribution in [0.1, 0.15) is 45.4 Å². The van der Waals surface area contributed by atoms with E-state index in [1.165, 1.54) is 12.8 Å². The maximum absolute atomic E-state index is 11.8. The van der Waals surface area contributed by atoms with Crippen LogP contribution in [0.25, 0.3) is 0 Å². The van der Waals surface area contributed by atoms with Crippen LogP contribution in [0.15, 0.2) is 0 Å². The van der Waals surface area contributed by atoms with Gasteiger partial charge in [0.2, 0.25) is 0 Å². The van der Waals surface area contributed by atoms with E-state index >= 15 is 0 Å². The zero-order valence-corrected chi connectivity index (χ0v) is 10.4. The zero-order chi connectivity index (χ0) is 11.8. The van der Waals surface area contributed by atoms with Gasteiger partial charge < -0.3 is 16.0 Å². The predicted octanol–water partition coefficient (Wildman–Crippen LogP) is 1.70. The number of nitrogens with one attached hydrogen (secondary N) is 1. The third-order valence-corrected chi connectivity index (χ3v) is 3.21. The van der Waals surface area contributed by atoms with Crippen LogP contribution in [-0.2, 0) is 0 Å². The lowest BCUT2D eigenvalue weighted by Crippen LogP contribution is -2.41. The Balaban J connectivity index is 2.17. The number of hydrogen-bond acceptors (Lipinski definition) is 2. The van der Waals surface area contributed by atoms with Gasteiger partial charge in [0.25, 0.3) is 0 Å². The summed E-state index contributed by atoms with van der Waals surface area (Å²) in [6, 6.07) is 0.301. The number of nitrogens with two attached hydrogens (primary N) is 1. The minimum atomic E-state index is 0.0882. The van der Waals surface area contributed by atoms with Crippen molar-refractivity contribution in [2.45, 2.75) is 51.5 Å². The third-order valence-electron chi connectivity index (χ3n) is 3.21. The molecule has 1 aliphatic rings. The Kier molecular flexibility index (Phi) is 6.23. The largest absolute Gasteiger partial charge is 0.338 e. The molecule has 1 aliphatic heterocycles. The quantitative estimate of drug-likeness (QED) is 0.768. The highest BCUT2D eigenvalue weighted by Gasteiger charge is 2.14. The van der Waals surface area contributed by atoms with Crippen molar-refractivity contribution in [2.24, 2.45) is 5.73 Å². The number of hydrogen-bond donors (Lipinski definition) is 2. The fourth-order valence-corrected chi connectivity index (χ4v) is 1.95. The summed E-state index contributed by atoms with van der Waals surface area (Å²) in [5.74, 6) is 0. The van der Waals surface area contributed by atoms with Crippen LogP contribution in [0, 0.1) is 0 Å². The molecule has 1 heterocycles. The van der Waals surface area contributed by atoms with Gasteiger partial charge in [-0.25, -0.2) is 4.79 Å². The zero-order valence-electron chi connectivity index (χ0n) is 10.4. The summed E-state index contributed by atoms with van der Waals surface area (Å²) in [6.07, 6.45) is 6.63. The molecule has 0 saturated carbocycles. The molecule has 3 N–H and O–H groups in total. The molecule has 0 bridgehead atoms. The SMILES string of the molecule is CCC(N)CCNC(=O)N1CCCCCC1. The summed E-state index contributed by atoms with van der Waals surface area (Å²) < 4.78 is 0. The first-order valence-corrected chi connectivity index (χ1v) is 6.52. The van der Waals surface area contributed by atoms with Crippen molar-refractivity contribution >= 4 is 6.03 Å². The molecule has 4 nitrogen and oxygen atoms in total. The van der Waals surface area contributed by atoms with E-state index in [2.05, 4.69) is 12.2 Å². The van der Waals surface area contributed by atoms with Crippen LogP contribution in [0.4, 0.5) is 4.79 Å². The van der Waals surface area contributed by atoms with Crippen LogP contribution in [0.2, 0.25) is 0 Å². The lowest BCUT2D eigenvalue weighted by molar-refractivity contribution is 0.199. The van der Waals surface area contributed by atoms with Gasteiger partial charge in [0.05, 0.1) is 0 Å². The van der Waals surface area contributed by atoms with Crippen molar-refractivity contribution in [3.8, 4) is 0 Å². The Labute approximate surface area is 98.6 Å². The summed E-state index contributed by atoms with van der Waals surface area (Å²) in [5, 5.41) is 2.95. The second kappa shape index (κ2) is 7.49. The van der Waals surface area contributed by atoms with E-state index in [9.17, 15) is 4.79 Å². The van der Waals surface area contributed by atoms with Gasteiger partial charge >= 0.3 is 6.03 Å². The molecule has 0 aromatic heterocycles. The van der Waals surface area contributed by atoms with Gasteiger partial charge in [-0.2, -0.15) is 0 Å². The van der Waals surface area contributed by atoms with Gasteiger partial charge in [-0.05, 0) is 25.7 Å². The van der Waals surface area contributed by atoms with Gasteiger partial charge in [0.15, 0.2) is 0 Å². The molecular weight excluding hydrogens is 202 g/mol. The number of urea groups is 1. The molecule has 0 radical (unpaired) electrons. The maximum Gasteiger partial charge on any atom is 0.317 e. The van der Waals surface area contributed by atoms with E-state index in [1.54, 1.807) is 0 Å². The van der Waals surface area contributed by atoms with E-state index in [0.717, 1.165) is 38.8 Å². The average Bonchev–Trinajstić information content (AvgIpc) is 2.57. The highest BCUT2D eigenvalue weighted by molar-refractivity contribution is 5.74. The van der Waals surface area contributed by atoms with Crippen LogP contribution < -0.4 is 11.1 Å². The number of carbonyl (C=O) groups is 1. The van der Waals surface area contributed by atoms with E-state index < -0.39 is 0 Å². The smallest absolute Gasteiger partial charge is 0.317 e. The molecule has 1 saturated heterocycles. The number of amides is 2. The molecule has 0 spiro atoms. The van der Waals surface area contributed by atoms with E-state index in [-0.39, 0.29) is 12.1 Å². The second-order valence-corrected chi connectivity index (χ2v) is 4.59. The molecule has 1 rings (SSSR count). The minimum absolute atomic E-state index is 0.0882. The Morgan fingerprint density at radius 3 is 2.50 bits per heavy atom. The molecule has 1 atom stereocenters. The van der Waals surface area contributed by atoms with Gasteiger partial charge in [0, 0.05) is 25.7 Å². The summed E-state index contributed by atoms with van der Waals surface area (Å²) in [4.78, 5) is 13.7. The fourth-order valence-electron chi connectivity index (χ4n) is 1.95. The van der Waals surface area contributed by atoms with Crippen molar-refractivity contribution < 1.29 is 4.79 Å². The first-order chi connectivity index (χ1) is 7.74. The summed E-state index contributed by atoms with van der Waals surface area (Å²) >= 11 is 0. The predicted molar refractivity (Wildman–Crippen MR) is 66.3 cm³/mol. The number of likely N-dealkylation sites (tertiary alicyclic amines) is 1. The highest BCUT2D eigenvalue weighted by atomic mass is 16.2. The van der Waals surface area contributed by atoms with Gasteiger partial charge in [0.1, 0.15) is 0 Å². The lowest BCUT2D eigenvalue weighted by atomic mass is 10.2. The lowest BCUT2D eigenvalue weighted by Gasteiger charge is -2.21. The number of carbonyl (C=O) groups excluding carboxylic acids is 1. The van der Waals surface area contributed by atoms with Crippen LogP contribution in [-0.4, -0.2) is 36.6 Å². The highest BCUT2D eigenvalue weighted by Crippen LogP contribution is 2.09. The average molecular weight is 227 g/mol. The number of rotatable bonds is 4. The summed E-state index contributed by atoms with van der Waals surface area (Å²) in [6.45, 7) is 4.59. The summed E-state index contributed by atoms with van der Waals surface area (Å²) in [7, 11) is 0. The fraction of sp³-hybridized carbons (Fsp3) is 0.917. The van der Waals surface area contributed by atoms with Crippen LogP contribution in [0.3, 0.4) is 0 Å².